The van der Waals surface area contributed by atoms with Gasteiger partial charge in [0.15, 0.2) is 0 Å². The first-order chi connectivity index (χ1) is 12.5. The molecule has 172 valence electrons. The molecule has 0 radical (unpaired) electrons. The molecule has 0 nitrogen and oxygen atoms in total. The summed E-state index contributed by atoms with van der Waals surface area (Å²) >= 11 is 0. The molecule has 0 saturated heterocycles. The van der Waals surface area contributed by atoms with Gasteiger partial charge in [0.2, 0.25) is 0 Å². The molecule has 1 rings (SSSR count). The van der Waals surface area contributed by atoms with Crippen molar-refractivity contribution in [1.29, 1.82) is 0 Å². The fourth-order valence-electron chi connectivity index (χ4n) is 4.51. The van der Waals surface area contributed by atoms with Crippen molar-refractivity contribution in [2.45, 2.75) is 104 Å². The monoisotopic (exact) mass is 482 g/mol. The van der Waals surface area contributed by atoms with Gasteiger partial charge in [-0.05, 0) is 83.1 Å². The maximum absolute atomic E-state index is 2.47. The first-order valence-corrected chi connectivity index (χ1v) is 14.3. The summed E-state index contributed by atoms with van der Waals surface area (Å²) in [6, 6.07) is 16.0. The van der Waals surface area contributed by atoms with Crippen LogP contribution in [0.1, 0.15) is 83.1 Å². The predicted molar refractivity (Wildman–Crippen MR) is 141 cm³/mol. The van der Waals surface area contributed by atoms with Gasteiger partial charge in [-0.1, -0.05) is 0 Å². The molecular formula is C26H50NiP2+2. The molecule has 0 N–H and O–H groups in total. The van der Waals surface area contributed by atoms with Crippen LogP contribution in [0.25, 0.3) is 0 Å². The molecule has 0 amide bonds. The standard InChI is InChI=1S/C18H40P2.C8H8.Ni/c1-15(2,3)19(16(4,5)6)13-14-20(17(7,8)9)18(10,11)12;1-2-4-6-8-7-5-3-1;/h13-14H2,1-12H3;1-8H;/q;-2;+2/p+2. The Kier molecular flexibility index (Phi) is 14.1. The third kappa shape index (κ3) is 14.1. The van der Waals surface area contributed by atoms with Gasteiger partial charge < -0.3 is 0 Å². The van der Waals surface area contributed by atoms with E-state index in [0.717, 1.165) is 0 Å². The van der Waals surface area contributed by atoms with E-state index in [2.05, 4.69) is 83.1 Å². The molecule has 29 heavy (non-hydrogen) atoms. The summed E-state index contributed by atoms with van der Waals surface area (Å²) in [5.41, 5.74) is 0. The van der Waals surface area contributed by atoms with E-state index >= 15 is 0 Å². The summed E-state index contributed by atoms with van der Waals surface area (Å²) in [5.74, 6) is 0. The van der Waals surface area contributed by atoms with Crippen LogP contribution in [0.15, 0.2) is 48.5 Å². The normalized spacial score (nSPS) is 12.8. The minimum Gasteiger partial charge on any atom is -0.280 e. The van der Waals surface area contributed by atoms with Crippen molar-refractivity contribution in [3.8, 4) is 0 Å². The number of hydrogen-bond acceptors (Lipinski definition) is 0. The fraction of sp³-hybridized carbons (Fsp3) is 0.692. The van der Waals surface area contributed by atoms with E-state index in [4.69, 9.17) is 0 Å². The fourth-order valence-corrected chi connectivity index (χ4v) is 14.0. The third-order valence-electron chi connectivity index (χ3n) is 5.14. The van der Waals surface area contributed by atoms with Gasteiger partial charge in [-0.25, -0.2) is 12.1 Å². The van der Waals surface area contributed by atoms with Crippen LogP contribution in [0.2, 0.25) is 0 Å². The second kappa shape index (κ2) is 13.0. The van der Waals surface area contributed by atoms with Gasteiger partial charge in [0, 0.05) is 15.8 Å². The third-order valence-corrected chi connectivity index (χ3v) is 14.4. The van der Waals surface area contributed by atoms with Crippen LogP contribution < -0.4 is 0 Å². The Labute approximate surface area is 196 Å². The molecule has 1 aromatic rings. The predicted octanol–water partition coefficient (Wildman–Crippen LogP) is 8.86. The molecule has 1 aromatic carbocycles. The summed E-state index contributed by atoms with van der Waals surface area (Å²) in [7, 11) is -0.729. The second-order valence-electron chi connectivity index (χ2n) is 12.0. The Morgan fingerprint density at radius 2 is 0.724 bits per heavy atom. The molecule has 0 unspecified atom stereocenters. The van der Waals surface area contributed by atoms with E-state index in [-0.39, 0.29) is 32.3 Å². The first kappa shape index (κ1) is 31.5. The first-order valence-electron chi connectivity index (χ1n) is 10.9. The van der Waals surface area contributed by atoms with Crippen molar-refractivity contribution in [2.75, 3.05) is 12.3 Å². The molecule has 0 aliphatic carbocycles. The van der Waals surface area contributed by atoms with E-state index in [1.807, 2.05) is 48.5 Å². The zero-order valence-electron chi connectivity index (χ0n) is 21.3. The smallest absolute Gasteiger partial charge is 0.280 e. The van der Waals surface area contributed by atoms with Crippen molar-refractivity contribution in [1.82, 2.24) is 0 Å². The van der Waals surface area contributed by atoms with Crippen molar-refractivity contribution >= 4 is 15.8 Å². The van der Waals surface area contributed by atoms with Crippen LogP contribution in [-0.4, -0.2) is 32.9 Å². The average molecular weight is 483 g/mol. The van der Waals surface area contributed by atoms with E-state index in [1.165, 1.54) is 12.3 Å². The molecule has 0 aromatic heterocycles. The van der Waals surface area contributed by atoms with Crippen LogP contribution in [-0.2, 0) is 16.5 Å². The van der Waals surface area contributed by atoms with Crippen LogP contribution in [0.4, 0.5) is 0 Å². The summed E-state index contributed by atoms with van der Waals surface area (Å²) in [6.45, 7) is 29.6. The van der Waals surface area contributed by atoms with Gasteiger partial charge >= 0.3 is 16.5 Å². The zero-order chi connectivity index (χ0) is 22.2. The van der Waals surface area contributed by atoms with Crippen molar-refractivity contribution in [3.05, 3.63) is 48.5 Å². The molecular weight excluding hydrogens is 433 g/mol. The Morgan fingerprint density at radius 1 is 0.483 bits per heavy atom. The molecule has 0 spiro atoms. The minimum absolute atomic E-state index is 0. The van der Waals surface area contributed by atoms with E-state index in [1.54, 1.807) is 0 Å². The summed E-state index contributed by atoms with van der Waals surface area (Å²) in [6.07, 6.45) is 2.97. The minimum atomic E-state index is -0.364. The number of rotatable bonds is 3. The van der Waals surface area contributed by atoms with Crippen molar-refractivity contribution in [2.24, 2.45) is 0 Å². The van der Waals surface area contributed by atoms with Crippen LogP contribution in [0, 0.1) is 0 Å². The SMILES string of the molecule is CC(C)(C)[PH+](CC[PH+](C(C)(C)C)C(C)(C)C)C(C)(C)C.[Ni+2].c1ccc[cH-][cH-]cc1. The van der Waals surface area contributed by atoms with Gasteiger partial charge in [-0.15, -0.1) is 12.1 Å². The quantitative estimate of drug-likeness (QED) is 0.229. The molecule has 0 heterocycles. The molecule has 0 saturated carbocycles. The van der Waals surface area contributed by atoms with E-state index < -0.39 is 0 Å². The topological polar surface area (TPSA) is 0 Å². The van der Waals surface area contributed by atoms with Crippen LogP contribution >= 0.6 is 15.8 Å². The summed E-state index contributed by atoms with van der Waals surface area (Å²) < 4.78 is 0. The van der Waals surface area contributed by atoms with E-state index in [0.29, 0.717) is 20.6 Å². The Bertz CT molecular complexity index is 446. The maximum Gasteiger partial charge on any atom is 2.00 e. The van der Waals surface area contributed by atoms with Crippen LogP contribution in [0.5, 0.6) is 0 Å². The van der Waals surface area contributed by atoms with Gasteiger partial charge in [-0.3, -0.25) is 24.3 Å². The molecule has 0 aliphatic heterocycles. The molecule has 0 aliphatic rings. The average Bonchev–Trinajstić information content (AvgIpc) is 2.37. The van der Waals surface area contributed by atoms with Crippen LogP contribution in [0.3, 0.4) is 0 Å². The van der Waals surface area contributed by atoms with Crippen molar-refractivity contribution in [3.63, 3.8) is 0 Å². The van der Waals surface area contributed by atoms with Gasteiger partial charge in [0.1, 0.15) is 0 Å². The molecule has 0 atom stereocenters. The zero-order valence-corrected chi connectivity index (χ0v) is 24.3. The molecule has 3 heteroatoms. The number of hydrogen-bond donors (Lipinski definition) is 0. The van der Waals surface area contributed by atoms with Gasteiger partial charge in [-0.2, -0.15) is 0 Å². The van der Waals surface area contributed by atoms with Crippen molar-refractivity contribution < 1.29 is 16.5 Å². The summed E-state index contributed by atoms with van der Waals surface area (Å²) in [5, 5.41) is 2.02. The van der Waals surface area contributed by atoms with E-state index in [9.17, 15) is 0 Å². The molecule has 0 bridgehead atoms. The summed E-state index contributed by atoms with van der Waals surface area (Å²) in [4.78, 5) is 0. The largest absolute Gasteiger partial charge is 2.00 e. The molecule has 0 fully saturated rings. The maximum atomic E-state index is 2.47. The Hall–Kier alpha value is 0.314. The Balaban J connectivity index is 0. The Morgan fingerprint density at radius 3 is 0.931 bits per heavy atom. The van der Waals surface area contributed by atoms with Gasteiger partial charge in [0.25, 0.3) is 0 Å². The second-order valence-corrected chi connectivity index (χ2v) is 20.9. The van der Waals surface area contributed by atoms with Gasteiger partial charge in [0.05, 0.1) is 32.9 Å².